The quantitative estimate of drug-likeness (QED) is 0.807. The van der Waals surface area contributed by atoms with E-state index in [2.05, 4.69) is 0 Å². The molecule has 2 atom stereocenters. The number of rotatable bonds is 2. The molecule has 0 aromatic heterocycles. The van der Waals surface area contributed by atoms with Crippen LogP contribution < -0.4 is 11.5 Å². The van der Waals surface area contributed by atoms with Crippen molar-refractivity contribution in [3.8, 4) is 0 Å². The number of anilines is 2. The molecule has 0 bridgehead atoms. The standard InChI is InChI=1S/C16H16N2O/c17-12-5-1-3-10(7-12)14-9-15(16(14)19)11-4-2-6-13(18)8-11/h1-8,14-15H,9,17-18H2. The first-order chi connectivity index (χ1) is 9.15. The molecule has 0 saturated heterocycles. The van der Waals surface area contributed by atoms with Gasteiger partial charge in [-0.3, -0.25) is 4.79 Å². The van der Waals surface area contributed by atoms with Crippen molar-refractivity contribution in [1.82, 2.24) is 0 Å². The Kier molecular flexibility index (Phi) is 2.75. The van der Waals surface area contributed by atoms with Crippen molar-refractivity contribution >= 4 is 17.2 Å². The van der Waals surface area contributed by atoms with Crippen molar-refractivity contribution in [2.45, 2.75) is 18.3 Å². The van der Waals surface area contributed by atoms with Crippen LogP contribution in [0.15, 0.2) is 48.5 Å². The first kappa shape index (κ1) is 11.8. The van der Waals surface area contributed by atoms with Gasteiger partial charge in [0.05, 0.1) is 0 Å². The number of carbonyl (C=O) groups excluding carboxylic acids is 1. The molecule has 0 spiro atoms. The first-order valence-electron chi connectivity index (χ1n) is 6.40. The number of carbonyl (C=O) groups is 1. The molecule has 3 nitrogen and oxygen atoms in total. The maximum Gasteiger partial charge on any atom is 0.147 e. The molecule has 96 valence electrons. The van der Waals surface area contributed by atoms with Gasteiger partial charge in [0.25, 0.3) is 0 Å². The maximum absolute atomic E-state index is 12.3. The summed E-state index contributed by atoms with van der Waals surface area (Å²) in [5.74, 6) is 0.223. The van der Waals surface area contributed by atoms with Crippen LogP contribution in [0.2, 0.25) is 0 Å². The smallest absolute Gasteiger partial charge is 0.147 e. The molecule has 1 aliphatic carbocycles. The zero-order valence-electron chi connectivity index (χ0n) is 10.5. The first-order valence-corrected chi connectivity index (χ1v) is 6.40. The minimum absolute atomic E-state index is 0.0186. The molecule has 0 heterocycles. The lowest BCUT2D eigenvalue weighted by molar-refractivity contribution is -0.127. The third kappa shape index (κ3) is 2.08. The monoisotopic (exact) mass is 252 g/mol. The van der Waals surface area contributed by atoms with Gasteiger partial charge in [-0.2, -0.15) is 0 Å². The van der Waals surface area contributed by atoms with Gasteiger partial charge in [-0.05, 0) is 41.8 Å². The van der Waals surface area contributed by atoms with E-state index < -0.39 is 0 Å². The fraction of sp³-hybridized carbons (Fsp3) is 0.188. The summed E-state index contributed by atoms with van der Waals surface area (Å²) in [5, 5.41) is 0. The average Bonchev–Trinajstić information content (AvgIpc) is 2.37. The second-order valence-electron chi connectivity index (χ2n) is 5.08. The van der Waals surface area contributed by atoms with Crippen molar-refractivity contribution in [3.63, 3.8) is 0 Å². The summed E-state index contributed by atoms with van der Waals surface area (Å²) in [6.45, 7) is 0. The van der Waals surface area contributed by atoms with Crippen LogP contribution in [0.5, 0.6) is 0 Å². The third-order valence-electron chi connectivity index (χ3n) is 3.78. The Labute approximate surface area is 112 Å². The van der Waals surface area contributed by atoms with Crippen molar-refractivity contribution in [3.05, 3.63) is 59.7 Å². The molecule has 2 aromatic rings. The van der Waals surface area contributed by atoms with Gasteiger partial charge in [-0.25, -0.2) is 0 Å². The predicted octanol–water partition coefficient (Wildman–Crippen LogP) is 2.69. The molecule has 2 aromatic carbocycles. The summed E-state index contributed by atoms with van der Waals surface area (Å²) >= 11 is 0. The molecule has 3 heteroatoms. The van der Waals surface area contributed by atoms with Crippen LogP contribution in [0, 0.1) is 0 Å². The Hall–Kier alpha value is -2.29. The van der Waals surface area contributed by atoms with Crippen molar-refractivity contribution in [2.24, 2.45) is 0 Å². The summed E-state index contributed by atoms with van der Waals surface area (Å²) in [4.78, 5) is 12.3. The SMILES string of the molecule is Nc1cccc(C2CC(c3cccc(N)c3)C2=O)c1. The van der Waals surface area contributed by atoms with Crippen LogP contribution in [0.1, 0.15) is 29.4 Å². The number of benzene rings is 2. The van der Waals surface area contributed by atoms with E-state index in [9.17, 15) is 4.79 Å². The lowest BCUT2D eigenvalue weighted by Crippen LogP contribution is -2.33. The van der Waals surface area contributed by atoms with Crippen molar-refractivity contribution in [1.29, 1.82) is 0 Å². The largest absolute Gasteiger partial charge is 0.399 e. The van der Waals surface area contributed by atoms with E-state index >= 15 is 0 Å². The Balaban J connectivity index is 1.80. The normalized spacial score (nSPS) is 22.0. The molecule has 1 fully saturated rings. The summed E-state index contributed by atoms with van der Waals surface area (Å²) in [6, 6.07) is 15.2. The molecule has 19 heavy (non-hydrogen) atoms. The number of ketones is 1. The highest BCUT2D eigenvalue weighted by Crippen LogP contribution is 2.44. The zero-order chi connectivity index (χ0) is 13.4. The highest BCUT2D eigenvalue weighted by atomic mass is 16.1. The molecule has 0 amide bonds. The molecule has 0 radical (unpaired) electrons. The maximum atomic E-state index is 12.3. The lowest BCUT2D eigenvalue weighted by atomic mass is 9.67. The highest BCUT2D eigenvalue weighted by molar-refractivity contribution is 5.98. The van der Waals surface area contributed by atoms with Gasteiger partial charge in [0, 0.05) is 23.2 Å². The van der Waals surface area contributed by atoms with E-state index in [4.69, 9.17) is 11.5 Å². The van der Waals surface area contributed by atoms with E-state index in [1.807, 2.05) is 48.5 Å². The number of nitrogens with two attached hydrogens (primary N) is 2. The van der Waals surface area contributed by atoms with Crippen LogP contribution in [-0.2, 0) is 4.79 Å². The Morgan fingerprint density at radius 2 is 1.32 bits per heavy atom. The van der Waals surface area contributed by atoms with Gasteiger partial charge in [-0.1, -0.05) is 24.3 Å². The fourth-order valence-corrected chi connectivity index (χ4v) is 2.70. The van der Waals surface area contributed by atoms with Crippen LogP contribution in [0.3, 0.4) is 0 Å². The van der Waals surface area contributed by atoms with Gasteiger partial charge in [0.15, 0.2) is 0 Å². The average molecular weight is 252 g/mol. The lowest BCUT2D eigenvalue weighted by Gasteiger charge is -2.34. The Morgan fingerprint density at radius 1 is 0.842 bits per heavy atom. The second kappa shape index (κ2) is 4.43. The molecular formula is C16H16N2O. The number of nitrogen functional groups attached to an aromatic ring is 2. The van der Waals surface area contributed by atoms with E-state index in [0.29, 0.717) is 11.4 Å². The molecular weight excluding hydrogens is 236 g/mol. The summed E-state index contributed by atoms with van der Waals surface area (Å²) in [5.41, 5.74) is 15.0. The minimum Gasteiger partial charge on any atom is -0.399 e. The molecule has 2 unspecified atom stereocenters. The van der Waals surface area contributed by atoms with Crippen molar-refractivity contribution < 1.29 is 4.79 Å². The molecule has 1 saturated carbocycles. The van der Waals surface area contributed by atoms with Crippen LogP contribution in [-0.4, -0.2) is 5.78 Å². The topological polar surface area (TPSA) is 69.1 Å². The van der Waals surface area contributed by atoms with E-state index in [-0.39, 0.29) is 17.6 Å². The van der Waals surface area contributed by atoms with Gasteiger partial charge in [0.1, 0.15) is 5.78 Å². The van der Waals surface area contributed by atoms with Gasteiger partial charge in [0.2, 0.25) is 0 Å². The van der Waals surface area contributed by atoms with E-state index in [1.54, 1.807) is 0 Å². The Morgan fingerprint density at radius 3 is 1.68 bits per heavy atom. The minimum atomic E-state index is -0.0186. The second-order valence-corrected chi connectivity index (χ2v) is 5.08. The molecule has 4 N–H and O–H groups in total. The van der Waals surface area contributed by atoms with Gasteiger partial charge in [-0.15, -0.1) is 0 Å². The van der Waals surface area contributed by atoms with Crippen molar-refractivity contribution in [2.75, 3.05) is 11.5 Å². The summed E-state index contributed by atoms with van der Waals surface area (Å²) < 4.78 is 0. The Bertz CT molecular complexity index is 583. The highest BCUT2D eigenvalue weighted by Gasteiger charge is 2.41. The van der Waals surface area contributed by atoms with E-state index in [0.717, 1.165) is 17.5 Å². The molecule has 0 aliphatic heterocycles. The predicted molar refractivity (Wildman–Crippen MR) is 76.8 cm³/mol. The fourth-order valence-electron chi connectivity index (χ4n) is 2.70. The van der Waals surface area contributed by atoms with Gasteiger partial charge < -0.3 is 11.5 Å². The van der Waals surface area contributed by atoms with E-state index in [1.165, 1.54) is 0 Å². The third-order valence-corrected chi connectivity index (χ3v) is 3.78. The van der Waals surface area contributed by atoms with Crippen LogP contribution in [0.4, 0.5) is 11.4 Å². The summed E-state index contributed by atoms with van der Waals surface area (Å²) in [7, 11) is 0. The molecule has 3 rings (SSSR count). The number of Topliss-reactive ketones (excluding diaryl/α,β-unsaturated/α-hetero) is 1. The van der Waals surface area contributed by atoms with Gasteiger partial charge >= 0.3 is 0 Å². The van der Waals surface area contributed by atoms with Crippen LogP contribution in [0.25, 0.3) is 0 Å². The number of hydrogen-bond acceptors (Lipinski definition) is 3. The molecule has 1 aliphatic rings. The van der Waals surface area contributed by atoms with Crippen LogP contribution >= 0.6 is 0 Å². The number of hydrogen-bond donors (Lipinski definition) is 2. The summed E-state index contributed by atoms with van der Waals surface area (Å²) in [6.07, 6.45) is 0.839. The zero-order valence-corrected chi connectivity index (χ0v) is 10.5.